The lowest BCUT2D eigenvalue weighted by Gasteiger charge is -2.08. The summed E-state index contributed by atoms with van der Waals surface area (Å²) in [6.45, 7) is 4.48. The molecule has 90 valence electrons. The minimum atomic E-state index is -0.835. The lowest BCUT2D eigenvalue weighted by Crippen LogP contribution is -2.17. The smallest absolute Gasteiger partial charge is 0.252 e. The van der Waals surface area contributed by atoms with Gasteiger partial charge in [0.2, 0.25) is 0 Å². The van der Waals surface area contributed by atoms with Crippen molar-refractivity contribution in [2.45, 2.75) is 19.8 Å². The number of rotatable bonds is 5. The Kier molecular flexibility index (Phi) is 4.67. The van der Waals surface area contributed by atoms with Crippen molar-refractivity contribution in [1.82, 2.24) is 9.97 Å². The van der Waals surface area contributed by atoms with Gasteiger partial charge in [-0.3, -0.25) is 9.00 Å². The van der Waals surface area contributed by atoms with Crippen molar-refractivity contribution in [3.05, 3.63) is 22.2 Å². The molecule has 0 aliphatic heterocycles. The fraction of sp³-hybridized carbons (Fsp3) is 0.600. The van der Waals surface area contributed by atoms with Crippen LogP contribution < -0.4 is 10.9 Å². The first-order valence-corrected chi connectivity index (χ1v) is 6.87. The molecule has 1 heterocycles. The highest BCUT2D eigenvalue weighted by Crippen LogP contribution is 2.08. The molecule has 0 aromatic carbocycles. The Morgan fingerprint density at radius 3 is 2.81 bits per heavy atom. The Labute approximate surface area is 97.1 Å². The lowest BCUT2D eigenvalue weighted by molar-refractivity contribution is 0.687. The summed E-state index contributed by atoms with van der Waals surface area (Å²) in [5, 5.41) is 2.99. The van der Waals surface area contributed by atoms with Crippen LogP contribution in [0.3, 0.4) is 0 Å². The molecule has 0 saturated carbocycles. The fourth-order valence-electron chi connectivity index (χ4n) is 1.16. The Morgan fingerprint density at radius 2 is 2.25 bits per heavy atom. The third-order valence-corrected chi connectivity index (χ3v) is 2.78. The number of anilines is 1. The van der Waals surface area contributed by atoms with Crippen LogP contribution >= 0.6 is 0 Å². The largest absolute Gasteiger partial charge is 0.369 e. The van der Waals surface area contributed by atoms with E-state index in [2.05, 4.69) is 15.3 Å². The summed E-state index contributed by atoms with van der Waals surface area (Å²) in [6, 6.07) is 1.41. The fourth-order valence-corrected chi connectivity index (χ4v) is 1.55. The van der Waals surface area contributed by atoms with Crippen molar-refractivity contribution in [3.8, 4) is 0 Å². The molecule has 1 aromatic heterocycles. The van der Waals surface area contributed by atoms with E-state index in [0.717, 1.165) is 0 Å². The maximum Gasteiger partial charge on any atom is 0.252 e. The minimum Gasteiger partial charge on any atom is -0.369 e. The highest BCUT2D eigenvalue weighted by molar-refractivity contribution is 7.84. The van der Waals surface area contributed by atoms with E-state index in [1.807, 2.05) is 13.8 Å². The van der Waals surface area contributed by atoms with Gasteiger partial charge in [-0.15, -0.1) is 0 Å². The molecule has 0 amide bonds. The van der Waals surface area contributed by atoms with E-state index < -0.39 is 10.8 Å². The predicted octanol–water partition coefficient (Wildman–Crippen LogP) is 0.684. The first-order chi connectivity index (χ1) is 7.49. The highest BCUT2D eigenvalue weighted by atomic mass is 32.2. The van der Waals surface area contributed by atoms with Crippen LogP contribution in [-0.2, 0) is 10.8 Å². The zero-order chi connectivity index (χ0) is 12.1. The van der Waals surface area contributed by atoms with Crippen molar-refractivity contribution in [2.24, 2.45) is 0 Å². The van der Waals surface area contributed by atoms with Crippen LogP contribution in [0.1, 0.15) is 25.6 Å². The summed E-state index contributed by atoms with van der Waals surface area (Å²) in [4.78, 5) is 18.3. The highest BCUT2D eigenvalue weighted by Gasteiger charge is 2.04. The minimum absolute atomic E-state index is 0.168. The monoisotopic (exact) mass is 243 g/mol. The van der Waals surface area contributed by atoms with E-state index in [-0.39, 0.29) is 11.5 Å². The van der Waals surface area contributed by atoms with Gasteiger partial charge in [-0.2, -0.15) is 0 Å². The molecular formula is C10H17N3O2S. The lowest BCUT2D eigenvalue weighted by atomic mass is 10.2. The second-order valence-electron chi connectivity index (χ2n) is 3.87. The molecule has 0 spiro atoms. The normalized spacial score (nSPS) is 12.8. The van der Waals surface area contributed by atoms with Gasteiger partial charge in [-0.25, -0.2) is 4.98 Å². The van der Waals surface area contributed by atoms with E-state index in [9.17, 15) is 9.00 Å². The van der Waals surface area contributed by atoms with E-state index in [1.54, 1.807) is 6.26 Å². The first-order valence-electron chi connectivity index (χ1n) is 5.14. The van der Waals surface area contributed by atoms with Crippen molar-refractivity contribution in [3.63, 3.8) is 0 Å². The maximum absolute atomic E-state index is 11.3. The maximum atomic E-state index is 11.3. The molecule has 0 aliphatic carbocycles. The molecule has 16 heavy (non-hydrogen) atoms. The summed E-state index contributed by atoms with van der Waals surface area (Å²) in [7, 11) is -0.835. The van der Waals surface area contributed by atoms with Gasteiger partial charge in [0, 0.05) is 41.3 Å². The number of nitrogens with zero attached hydrogens (tertiary/aromatic N) is 1. The second-order valence-corrected chi connectivity index (χ2v) is 5.43. The Balaban J connectivity index is 2.73. The third kappa shape index (κ3) is 4.14. The number of hydrogen-bond donors (Lipinski definition) is 2. The van der Waals surface area contributed by atoms with Gasteiger partial charge in [0.25, 0.3) is 5.56 Å². The van der Waals surface area contributed by atoms with Crippen LogP contribution in [0.4, 0.5) is 5.82 Å². The number of hydrogen-bond acceptors (Lipinski definition) is 4. The van der Waals surface area contributed by atoms with Gasteiger partial charge >= 0.3 is 0 Å². The Bertz CT molecular complexity index is 428. The second kappa shape index (κ2) is 5.79. The molecule has 2 N–H and O–H groups in total. The molecule has 0 aliphatic rings. The van der Waals surface area contributed by atoms with E-state index in [0.29, 0.717) is 23.9 Å². The van der Waals surface area contributed by atoms with E-state index >= 15 is 0 Å². The zero-order valence-electron chi connectivity index (χ0n) is 9.74. The molecule has 1 unspecified atom stereocenters. The molecule has 0 bridgehead atoms. The van der Waals surface area contributed by atoms with Gasteiger partial charge in [0.1, 0.15) is 11.6 Å². The summed E-state index contributed by atoms with van der Waals surface area (Å²) in [5.74, 6) is 1.92. The van der Waals surface area contributed by atoms with Crippen LogP contribution in [0.15, 0.2) is 10.9 Å². The van der Waals surface area contributed by atoms with E-state index in [1.165, 1.54) is 6.07 Å². The van der Waals surface area contributed by atoms with Crippen LogP contribution in [0, 0.1) is 0 Å². The molecular weight excluding hydrogens is 226 g/mol. The van der Waals surface area contributed by atoms with Crippen LogP contribution in [0.5, 0.6) is 0 Å². The quantitative estimate of drug-likeness (QED) is 0.797. The molecule has 0 fully saturated rings. The van der Waals surface area contributed by atoms with Gasteiger partial charge in [-0.1, -0.05) is 13.8 Å². The van der Waals surface area contributed by atoms with E-state index in [4.69, 9.17) is 0 Å². The Hall–Kier alpha value is -1.17. The van der Waals surface area contributed by atoms with Crippen LogP contribution in [0.25, 0.3) is 0 Å². The van der Waals surface area contributed by atoms with Crippen LogP contribution in [0.2, 0.25) is 0 Å². The predicted molar refractivity (Wildman–Crippen MR) is 66.4 cm³/mol. The average molecular weight is 243 g/mol. The SMILES string of the molecule is CC(C)c1nc(NCCS(C)=O)cc(=O)[nH]1. The van der Waals surface area contributed by atoms with Gasteiger partial charge in [-0.05, 0) is 0 Å². The summed E-state index contributed by atoms with van der Waals surface area (Å²) in [6.07, 6.45) is 1.65. The molecule has 0 saturated heterocycles. The first kappa shape index (κ1) is 12.9. The topological polar surface area (TPSA) is 74.8 Å². The number of aromatic nitrogens is 2. The van der Waals surface area contributed by atoms with Crippen molar-refractivity contribution >= 4 is 16.6 Å². The van der Waals surface area contributed by atoms with Gasteiger partial charge in [0.05, 0.1) is 0 Å². The molecule has 1 rings (SSSR count). The Morgan fingerprint density at radius 1 is 1.56 bits per heavy atom. The zero-order valence-corrected chi connectivity index (χ0v) is 10.6. The number of nitrogens with one attached hydrogen (secondary N) is 2. The number of aromatic amines is 1. The van der Waals surface area contributed by atoms with Crippen molar-refractivity contribution in [1.29, 1.82) is 0 Å². The van der Waals surface area contributed by atoms with Gasteiger partial charge < -0.3 is 10.3 Å². The molecule has 5 nitrogen and oxygen atoms in total. The summed E-state index contributed by atoms with van der Waals surface area (Å²) >= 11 is 0. The standard InChI is InChI=1S/C10H17N3O2S/c1-7(2)10-12-8(6-9(14)13-10)11-4-5-16(3)15/h6-7H,4-5H2,1-3H3,(H2,11,12,13,14). The van der Waals surface area contributed by atoms with Gasteiger partial charge in [0.15, 0.2) is 0 Å². The van der Waals surface area contributed by atoms with Crippen molar-refractivity contribution < 1.29 is 4.21 Å². The van der Waals surface area contributed by atoms with Crippen LogP contribution in [-0.4, -0.2) is 32.7 Å². The summed E-state index contributed by atoms with van der Waals surface area (Å²) < 4.78 is 10.9. The molecule has 0 radical (unpaired) electrons. The number of H-pyrrole nitrogens is 1. The molecule has 1 atom stereocenters. The third-order valence-electron chi connectivity index (χ3n) is 2.00. The average Bonchev–Trinajstić information content (AvgIpc) is 2.16. The molecule has 6 heteroatoms. The molecule has 1 aromatic rings. The van der Waals surface area contributed by atoms with Crippen molar-refractivity contribution in [2.75, 3.05) is 23.9 Å². The summed E-state index contributed by atoms with van der Waals surface area (Å²) in [5.41, 5.74) is -0.168.